The number of ether oxygens (including phenoxy) is 1. The van der Waals surface area contributed by atoms with Gasteiger partial charge >= 0.3 is 0 Å². The van der Waals surface area contributed by atoms with E-state index in [2.05, 4.69) is 21.6 Å². The lowest BCUT2D eigenvalue weighted by molar-refractivity contribution is 0.311. The van der Waals surface area contributed by atoms with Crippen LogP contribution >= 0.6 is 0 Å². The molecule has 4 rings (SSSR count). The molecule has 0 aliphatic carbocycles. The van der Waals surface area contributed by atoms with Gasteiger partial charge in [-0.15, -0.1) is 0 Å². The molecule has 1 aliphatic heterocycles. The molecule has 0 radical (unpaired) electrons. The minimum absolute atomic E-state index is 0.215. The van der Waals surface area contributed by atoms with Crippen LogP contribution in [-0.4, -0.2) is 60.2 Å². The van der Waals surface area contributed by atoms with E-state index in [-0.39, 0.29) is 17.3 Å². The summed E-state index contributed by atoms with van der Waals surface area (Å²) in [4.78, 5) is 4.62. The number of nitrogens with zero attached hydrogens (tertiary/aromatic N) is 2. The van der Waals surface area contributed by atoms with E-state index < -0.39 is 10.0 Å². The monoisotopic (exact) mass is 457 g/mol. The number of halogens is 1. The van der Waals surface area contributed by atoms with Crippen molar-refractivity contribution in [3.8, 4) is 5.75 Å². The van der Waals surface area contributed by atoms with Gasteiger partial charge in [-0.05, 0) is 60.1 Å². The fourth-order valence-corrected chi connectivity index (χ4v) is 5.13. The van der Waals surface area contributed by atoms with Crippen LogP contribution in [0.3, 0.4) is 0 Å². The van der Waals surface area contributed by atoms with Crippen LogP contribution in [0.15, 0.2) is 59.5 Å². The van der Waals surface area contributed by atoms with E-state index in [1.165, 1.54) is 12.1 Å². The largest absolute Gasteiger partial charge is 0.495 e. The maximum Gasteiger partial charge on any atom is 0.240 e. The molecule has 0 saturated carbocycles. The molecule has 32 heavy (non-hydrogen) atoms. The third-order valence-electron chi connectivity index (χ3n) is 5.92. The third-order valence-corrected chi connectivity index (χ3v) is 7.38. The number of piperazine rings is 1. The fourth-order valence-electron chi connectivity index (χ4n) is 4.07. The second-order valence-electron chi connectivity index (χ2n) is 8.05. The summed E-state index contributed by atoms with van der Waals surface area (Å²) in [6.45, 7) is 3.69. The van der Waals surface area contributed by atoms with Crippen molar-refractivity contribution in [1.82, 2.24) is 9.62 Å². The Morgan fingerprint density at radius 3 is 2.56 bits per heavy atom. The predicted octanol–water partition coefficient (Wildman–Crippen LogP) is 3.26. The van der Waals surface area contributed by atoms with Gasteiger partial charge in [-0.3, -0.25) is 0 Å². The molecule has 170 valence electrons. The number of hydrogen-bond donors (Lipinski definition) is 1. The van der Waals surface area contributed by atoms with E-state index in [9.17, 15) is 12.8 Å². The predicted molar refractivity (Wildman–Crippen MR) is 126 cm³/mol. The van der Waals surface area contributed by atoms with Crippen molar-refractivity contribution in [2.24, 2.45) is 0 Å². The lowest BCUT2D eigenvalue weighted by atomic mass is 10.0. The standard InChI is InChI=1S/C24H28FN3O3S/c1-27-12-14-28(15-13-27)23-17-21(7-9-24(23)31-2)32(29,30)26-11-10-18-4-3-5-19-16-20(25)6-8-22(18)19/h3-9,16-17,26H,10-15H2,1-2H3. The zero-order valence-corrected chi connectivity index (χ0v) is 19.2. The van der Waals surface area contributed by atoms with Crippen molar-refractivity contribution in [1.29, 1.82) is 0 Å². The van der Waals surface area contributed by atoms with Crippen molar-refractivity contribution in [2.45, 2.75) is 11.3 Å². The minimum Gasteiger partial charge on any atom is -0.495 e. The summed E-state index contributed by atoms with van der Waals surface area (Å²) in [5, 5.41) is 1.73. The lowest BCUT2D eigenvalue weighted by Gasteiger charge is -2.34. The fraction of sp³-hybridized carbons (Fsp3) is 0.333. The molecular weight excluding hydrogens is 429 g/mol. The highest BCUT2D eigenvalue weighted by molar-refractivity contribution is 7.89. The SMILES string of the molecule is COc1ccc(S(=O)(=O)NCCc2cccc3cc(F)ccc23)cc1N1CCN(C)CC1. The van der Waals surface area contributed by atoms with Gasteiger partial charge in [-0.2, -0.15) is 0 Å². The second kappa shape index (κ2) is 9.44. The highest BCUT2D eigenvalue weighted by Crippen LogP contribution is 2.31. The van der Waals surface area contributed by atoms with E-state index in [1.807, 2.05) is 18.2 Å². The molecule has 1 heterocycles. The topological polar surface area (TPSA) is 61.9 Å². The van der Waals surface area contributed by atoms with Crippen LogP contribution < -0.4 is 14.4 Å². The molecule has 3 aromatic carbocycles. The smallest absolute Gasteiger partial charge is 0.240 e. The van der Waals surface area contributed by atoms with Crippen molar-refractivity contribution >= 4 is 26.5 Å². The lowest BCUT2D eigenvalue weighted by Crippen LogP contribution is -2.44. The van der Waals surface area contributed by atoms with E-state index in [0.29, 0.717) is 12.2 Å². The number of fused-ring (bicyclic) bond motifs is 1. The van der Waals surface area contributed by atoms with E-state index in [1.54, 1.807) is 31.4 Å². The molecule has 1 N–H and O–H groups in total. The van der Waals surface area contributed by atoms with Crippen LogP contribution in [-0.2, 0) is 16.4 Å². The average molecular weight is 458 g/mol. The molecule has 0 unspecified atom stereocenters. The zero-order chi connectivity index (χ0) is 22.7. The molecule has 0 aromatic heterocycles. The first-order chi connectivity index (χ1) is 15.4. The molecule has 0 spiro atoms. The van der Waals surface area contributed by atoms with E-state index in [4.69, 9.17) is 4.74 Å². The molecule has 3 aromatic rings. The van der Waals surface area contributed by atoms with Crippen molar-refractivity contribution in [3.05, 3.63) is 66.0 Å². The number of anilines is 1. The number of rotatable bonds is 7. The molecule has 8 heteroatoms. The van der Waals surface area contributed by atoms with Crippen LogP contribution in [0.25, 0.3) is 10.8 Å². The molecular formula is C24H28FN3O3S. The second-order valence-corrected chi connectivity index (χ2v) is 9.82. The van der Waals surface area contributed by atoms with Crippen LogP contribution in [0.5, 0.6) is 5.75 Å². The number of hydrogen-bond acceptors (Lipinski definition) is 5. The summed E-state index contributed by atoms with van der Waals surface area (Å²) in [6, 6.07) is 15.3. The Morgan fingerprint density at radius 1 is 1.03 bits per heavy atom. The van der Waals surface area contributed by atoms with Gasteiger partial charge in [0.2, 0.25) is 10.0 Å². The molecule has 1 fully saturated rings. The first kappa shape index (κ1) is 22.5. The van der Waals surface area contributed by atoms with Gasteiger partial charge in [-0.25, -0.2) is 17.5 Å². The van der Waals surface area contributed by atoms with Crippen LogP contribution in [0, 0.1) is 5.82 Å². The Bertz CT molecular complexity index is 1210. The van der Waals surface area contributed by atoms with Crippen molar-refractivity contribution in [3.63, 3.8) is 0 Å². The first-order valence-electron chi connectivity index (χ1n) is 10.7. The van der Waals surface area contributed by atoms with Gasteiger partial charge in [0.05, 0.1) is 17.7 Å². The summed E-state index contributed by atoms with van der Waals surface area (Å²) in [6.07, 6.45) is 0.504. The Labute approximate surface area is 188 Å². The maximum atomic E-state index is 13.5. The average Bonchev–Trinajstić information content (AvgIpc) is 2.79. The highest BCUT2D eigenvalue weighted by Gasteiger charge is 2.21. The Balaban J connectivity index is 1.50. The minimum atomic E-state index is -3.69. The summed E-state index contributed by atoms with van der Waals surface area (Å²) < 4.78 is 47.7. The van der Waals surface area contributed by atoms with Crippen molar-refractivity contribution < 1.29 is 17.5 Å². The van der Waals surface area contributed by atoms with Crippen LogP contribution in [0.2, 0.25) is 0 Å². The number of benzene rings is 3. The van der Waals surface area contributed by atoms with Gasteiger partial charge in [0.25, 0.3) is 0 Å². The number of methoxy groups -OCH3 is 1. The Kier molecular flexibility index (Phi) is 6.64. The quantitative estimate of drug-likeness (QED) is 0.590. The summed E-state index contributed by atoms with van der Waals surface area (Å²) in [5.41, 5.74) is 1.76. The number of sulfonamides is 1. The molecule has 0 bridgehead atoms. The van der Waals surface area contributed by atoms with Gasteiger partial charge in [0.1, 0.15) is 11.6 Å². The van der Waals surface area contributed by atoms with Gasteiger partial charge in [-0.1, -0.05) is 24.3 Å². The van der Waals surface area contributed by atoms with Gasteiger partial charge in [0, 0.05) is 32.7 Å². The summed E-state index contributed by atoms with van der Waals surface area (Å²) in [7, 11) is -0.0201. The van der Waals surface area contributed by atoms with E-state index >= 15 is 0 Å². The maximum absolute atomic E-state index is 13.5. The van der Waals surface area contributed by atoms with Gasteiger partial charge < -0.3 is 14.5 Å². The summed E-state index contributed by atoms with van der Waals surface area (Å²) >= 11 is 0. The molecule has 6 nitrogen and oxygen atoms in total. The zero-order valence-electron chi connectivity index (χ0n) is 18.3. The van der Waals surface area contributed by atoms with Crippen LogP contribution in [0.1, 0.15) is 5.56 Å². The number of nitrogens with one attached hydrogen (secondary N) is 1. The third kappa shape index (κ3) is 4.87. The van der Waals surface area contributed by atoms with E-state index in [0.717, 1.165) is 48.2 Å². The van der Waals surface area contributed by atoms with Crippen molar-refractivity contribution in [2.75, 3.05) is 51.8 Å². The summed E-state index contributed by atoms with van der Waals surface area (Å²) in [5.74, 6) is 0.377. The normalized spacial score (nSPS) is 15.3. The molecule has 1 aliphatic rings. The first-order valence-corrected chi connectivity index (χ1v) is 12.1. The Morgan fingerprint density at radius 2 is 1.81 bits per heavy atom. The Hall–Kier alpha value is -2.68. The molecule has 0 amide bonds. The van der Waals surface area contributed by atoms with Crippen LogP contribution in [0.4, 0.5) is 10.1 Å². The molecule has 1 saturated heterocycles. The number of likely N-dealkylation sites (N-methyl/N-ethyl adjacent to an activating group) is 1. The van der Waals surface area contributed by atoms with Gasteiger partial charge in [0.15, 0.2) is 0 Å². The highest BCUT2D eigenvalue weighted by atomic mass is 32.2. The molecule has 0 atom stereocenters.